The van der Waals surface area contributed by atoms with Crippen molar-refractivity contribution in [3.05, 3.63) is 28.3 Å². The number of benzene rings is 1. The van der Waals surface area contributed by atoms with Gasteiger partial charge in [0.1, 0.15) is 11.3 Å². The molecular formula is C22H32N4O5. The average Bonchev–Trinajstić information content (AvgIpc) is 2.66. The van der Waals surface area contributed by atoms with Crippen LogP contribution in [0.4, 0.5) is 21.9 Å². The largest absolute Gasteiger partial charge is 0.444 e. The maximum atomic E-state index is 12.4. The van der Waals surface area contributed by atoms with Crippen LogP contribution in [0.3, 0.4) is 0 Å². The summed E-state index contributed by atoms with van der Waals surface area (Å²) in [6.07, 6.45) is 5.83. The van der Waals surface area contributed by atoms with Gasteiger partial charge in [0.15, 0.2) is 0 Å². The molecule has 1 aromatic rings. The third-order valence-corrected chi connectivity index (χ3v) is 5.66. The molecule has 0 radical (unpaired) electrons. The molecule has 0 aliphatic heterocycles. The zero-order chi connectivity index (χ0) is 22.6. The number of nitrogens with zero attached hydrogens (tertiary/aromatic N) is 1. The fraction of sp³-hybridized carbons (Fsp3) is 0.636. The average molecular weight is 433 g/mol. The molecule has 2 aliphatic carbocycles. The summed E-state index contributed by atoms with van der Waals surface area (Å²) >= 11 is 0. The van der Waals surface area contributed by atoms with Gasteiger partial charge < -0.3 is 20.7 Å². The van der Waals surface area contributed by atoms with E-state index in [1.165, 1.54) is 6.07 Å². The van der Waals surface area contributed by atoms with Crippen LogP contribution in [0.2, 0.25) is 0 Å². The quantitative estimate of drug-likeness (QED) is 0.447. The molecule has 170 valence electrons. The van der Waals surface area contributed by atoms with E-state index < -0.39 is 16.6 Å². The number of anilines is 2. The first-order valence-electron chi connectivity index (χ1n) is 11.0. The summed E-state index contributed by atoms with van der Waals surface area (Å²) in [4.78, 5) is 35.4. The van der Waals surface area contributed by atoms with Gasteiger partial charge in [-0.2, -0.15) is 0 Å². The topological polar surface area (TPSA) is 123 Å². The highest BCUT2D eigenvalue weighted by atomic mass is 16.6. The molecular weight excluding hydrogens is 400 g/mol. The second kappa shape index (κ2) is 9.53. The summed E-state index contributed by atoms with van der Waals surface area (Å²) in [6.45, 7) is 5.41. The first-order valence-corrected chi connectivity index (χ1v) is 11.0. The number of nitro groups is 1. The highest BCUT2D eigenvalue weighted by Gasteiger charge is 2.33. The van der Waals surface area contributed by atoms with Crippen molar-refractivity contribution >= 4 is 29.1 Å². The van der Waals surface area contributed by atoms with Crippen LogP contribution in [0.5, 0.6) is 0 Å². The van der Waals surface area contributed by atoms with Crippen molar-refractivity contribution < 1.29 is 19.2 Å². The highest BCUT2D eigenvalue weighted by molar-refractivity contribution is 5.93. The van der Waals surface area contributed by atoms with E-state index in [-0.39, 0.29) is 29.6 Å². The number of ether oxygens (including phenoxy) is 1. The molecule has 3 N–H and O–H groups in total. The zero-order valence-corrected chi connectivity index (χ0v) is 18.4. The van der Waals surface area contributed by atoms with E-state index in [0.717, 1.165) is 32.1 Å². The number of carbonyl (C=O) groups is 2. The molecule has 0 atom stereocenters. The van der Waals surface area contributed by atoms with Gasteiger partial charge in [-0.15, -0.1) is 0 Å². The normalized spacial score (nSPS) is 21.5. The second-order valence-electron chi connectivity index (χ2n) is 9.47. The van der Waals surface area contributed by atoms with Crippen LogP contribution >= 0.6 is 0 Å². The Kier molecular flexibility index (Phi) is 7.02. The first kappa shape index (κ1) is 22.8. The summed E-state index contributed by atoms with van der Waals surface area (Å²) in [5, 5.41) is 20.4. The van der Waals surface area contributed by atoms with E-state index in [0.29, 0.717) is 24.2 Å². The second-order valence-corrected chi connectivity index (χ2v) is 9.47. The predicted molar refractivity (Wildman–Crippen MR) is 118 cm³/mol. The molecule has 2 saturated carbocycles. The molecule has 9 heteroatoms. The number of carbonyl (C=O) groups excluding carboxylic acids is 2. The van der Waals surface area contributed by atoms with E-state index in [9.17, 15) is 19.7 Å². The molecule has 0 aromatic heterocycles. The maximum Gasteiger partial charge on any atom is 0.407 e. The van der Waals surface area contributed by atoms with Gasteiger partial charge in [-0.1, -0.05) is 19.3 Å². The number of alkyl carbamates (subject to hydrolysis) is 1. The van der Waals surface area contributed by atoms with Crippen LogP contribution in [-0.2, 0) is 9.53 Å². The van der Waals surface area contributed by atoms with Crippen LogP contribution in [0.1, 0.15) is 65.7 Å². The lowest BCUT2D eigenvalue weighted by molar-refractivity contribution is -0.383. The Bertz CT molecular complexity index is 824. The van der Waals surface area contributed by atoms with Gasteiger partial charge in [0.2, 0.25) is 5.91 Å². The van der Waals surface area contributed by atoms with Crippen molar-refractivity contribution in [3.8, 4) is 0 Å². The van der Waals surface area contributed by atoms with Crippen LogP contribution < -0.4 is 16.0 Å². The molecule has 0 heterocycles. The fourth-order valence-corrected chi connectivity index (χ4v) is 4.04. The van der Waals surface area contributed by atoms with Crippen LogP contribution in [-0.4, -0.2) is 34.6 Å². The minimum atomic E-state index is -0.555. The number of nitro benzene ring substituents is 1. The molecule has 2 fully saturated rings. The fourth-order valence-electron chi connectivity index (χ4n) is 4.04. The first-order chi connectivity index (χ1) is 14.6. The van der Waals surface area contributed by atoms with Crippen molar-refractivity contribution in [1.82, 2.24) is 5.32 Å². The van der Waals surface area contributed by atoms with Gasteiger partial charge in [-0.25, -0.2) is 4.79 Å². The van der Waals surface area contributed by atoms with E-state index in [1.54, 1.807) is 32.9 Å². The van der Waals surface area contributed by atoms with E-state index in [2.05, 4.69) is 16.0 Å². The minimum Gasteiger partial charge on any atom is -0.444 e. The Labute approximate surface area is 182 Å². The Hall–Kier alpha value is -2.84. The Balaban J connectivity index is 1.54. The van der Waals surface area contributed by atoms with Gasteiger partial charge in [-0.05, 0) is 58.6 Å². The van der Waals surface area contributed by atoms with Crippen molar-refractivity contribution in [2.75, 3.05) is 10.6 Å². The van der Waals surface area contributed by atoms with Gasteiger partial charge in [0.25, 0.3) is 5.69 Å². The smallest absolute Gasteiger partial charge is 0.407 e. The molecule has 0 saturated heterocycles. The molecule has 0 spiro atoms. The number of rotatable bonds is 6. The Morgan fingerprint density at radius 3 is 2.39 bits per heavy atom. The van der Waals surface area contributed by atoms with Gasteiger partial charge in [0.05, 0.1) is 4.92 Å². The predicted octanol–water partition coefficient (Wildman–Crippen LogP) is 4.58. The molecule has 9 nitrogen and oxygen atoms in total. The third kappa shape index (κ3) is 6.57. The third-order valence-electron chi connectivity index (χ3n) is 5.66. The summed E-state index contributed by atoms with van der Waals surface area (Å²) in [7, 11) is 0. The SMILES string of the molecule is CC(C)(C)OC(=O)N[C@H]1C[C@@H](Nc2ccc(NC(=O)C3CCCCC3)cc2[N+](=O)[O-])C1. The highest BCUT2D eigenvalue weighted by Crippen LogP contribution is 2.33. The lowest BCUT2D eigenvalue weighted by Gasteiger charge is -2.37. The number of amides is 2. The Morgan fingerprint density at radius 1 is 1.10 bits per heavy atom. The number of hydrogen-bond donors (Lipinski definition) is 3. The van der Waals surface area contributed by atoms with E-state index in [1.807, 2.05) is 0 Å². The number of nitrogens with one attached hydrogen (secondary N) is 3. The van der Waals surface area contributed by atoms with E-state index in [4.69, 9.17) is 4.74 Å². The van der Waals surface area contributed by atoms with Gasteiger partial charge >= 0.3 is 6.09 Å². The monoisotopic (exact) mass is 432 g/mol. The Morgan fingerprint density at radius 2 is 1.77 bits per heavy atom. The molecule has 2 amide bonds. The zero-order valence-electron chi connectivity index (χ0n) is 18.4. The molecule has 3 rings (SSSR count). The standard InChI is InChI=1S/C22H32N4O5/c1-22(2,3)31-21(28)25-17-11-16(12-17)23-18-10-9-15(13-19(18)26(29)30)24-20(27)14-7-5-4-6-8-14/h9-10,13-14,16-17,23H,4-8,11-12H2,1-3H3,(H,24,27)(H,25,28)/t16-,17+. The molecule has 2 aliphatic rings. The van der Waals surface area contributed by atoms with E-state index >= 15 is 0 Å². The molecule has 0 unspecified atom stereocenters. The lowest BCUT2D eigenvalue weighted by atomic mass is 9.86. The van der Waals surface area contributed by atoms with Crippen LogP contribution in [0.25, 0.3) is 0 Å². The molecule has 31 heavy (non-hydrogen) atoms. The summed E-state index contributed by atoms with van der Waals surface area (Å²) in [6, 6.07) is 4.70. The minimum absolute atomic E-state index is 0.0151. The van der Waals surface area contributed by atoms with Gasteiger partial charge in [0, 0.05) is 29.8 Å². The molecule has 1 aromatic carbocycles. The van der Waals surface area contributed by atoms with Crippen molar-refractivity contribution in [1.29, 1.82) is 0 Å². The summed E-state index contributed by atoms with van der Waals surface area (Å²) in [5.74, 6) is -0.0836. The maximum absolute atomic E-state index is 12.4. The summed E-state index contributed by atoms with van der Waals surface area (Å²) in [5.41, 5.74) is 0.206. The van der Waals surface area contributed by atoms with Crippen molar-refractivity contribution in [3.63, 3.8) is 0 Å². The van der Waals surface area contributed by atoms with Gasteiger partial charge in [-0.3, -0.25) is 14.9 Å². The lowest BCUT2D eigenvalue weighted by Crippen LogP contribution is -2.50. The molecule has 0 bridgehead atoms. The van der Waals surface area contributed by atoms with Crippen LogP contribution in [0, 0.1) is 16.0 Å². The van der Waals surface area contributed by atoms with Crippen LogP contribution in [0.15, 0.2) is 18.2 Å². The van der Waals surface area contributed by atoms with Crippen molar-refractivity contribution in [2.24, 2.45) is 5.92 Å². The van der Waals surface area contributed by atoms with Crippen molar-refractivity contribution in [2.45, 2.75) is 83.4 Å². The summed E-state index contributed by atoms with van der Waals surface area (Å²) < 4.78 is 5.24. The number of hydrogen-bond acceptors (Lipinski definition) is 6.